The smallest absolute Gasteiger partial charge is 0.295 e. The summed E-state index contributed by atoms with van der Waals surface area (Å²) in [6, 6.07) is 0. The van der Waals surface area contributed by atoms with Crippen LogP contribution >= 0.6 is 64.6 Å². The van der Waals surface area contributed by atoms with E-state index in [0.717, 1.165) is 0 Å². The molecule has 9 heteroatoms. The van der Waals surface area contributed by atoms with Gasteiger partial charge in [0.15, 0.2) is 0 Å². The van der Waals surface area contributed by atoms with Gasteiger partial charge in [0.2, 0.25) is 0 Å². The predicted molar refractivity (Wildman–Crippen MR) is 66.1 cm³/mol. The summed E-state index contributed by atoms with van der Waals surface area (Å²) in [4.78, 5) is 0. The summed E-state index contributed by atoms with van der Waals surface area (Å²) in [6.45, 7) is -3.75. The summed E-state index contributed by atoms with van der Waals surface area (Å²) >= 11 is 27.5. The van der Waals surface area contributed by atoms with Gasteiger partial charge >= 0.3 is 6.95 Å². The highest BCUT2D eigenvalue weighted by Crippen LogP contribution is 2.53. The molecule has 0 radical (unpaired) electrons. The van der Waals surface area contributed by atoms with Gasteiger partial charge in [-0.3, -0.25) is 9.05 Å². The zero-order valence-electron chi connectivity index (χ0n) is 7.54. The lowest BCUT2D eigenvalue weighted by molar-refractivity contribution is 0.221. The largest absolute Gasteiger partial charge is 0.424 e. The molecule has 0 N–H and O–H groups in total. The number of halogens is 5. The monoisotopic (exact) mass is 336 g/mol. The van der Waals surface area contributed by atoms with Crippen LogP contribution in [0.25, 0.3) is 0 Å². The van der Waals surface area contributed by atoms with Gasteiger partial charge < -0.3 is 0 Å². The number of alkyl halides is 4. The molecule has 0 aromatic rings. The molecule has 0 aromatic heterocycles. The highest BCUT2D eigenvalue weighted by molar-refractivity contribution is 7.81. The van der Waals surface area contributed by atoms with Gasteiger partial charge in [-0.1, -0.05) is 0 Å². The second-order valence-corrected chi connectivity index (χ2v) is 7.00. The highest BCUT2D eigenvalue weighted by atomic mass is 35.7. The van der Waals surface area contributed by atoms with Crippen LogP contribution in [0.1, 0.15) is 0 Å². The Morgan fingerprint density at radius 3 is 1.60 bits per heavy atom. The minimum atomic E-state index is -3.64. The van der Waals surface area contributed by atoms with Gasteiger partial charge in [-0.25, -0.2) is 4.57 Å². The first-order valence-electron chi connectivity index (χ1n) is 3.90. The van der Waals surface area contributed by atoms with Crippen LogP contribution < -0.4 is 0 Å². The van der Waals surface area contributed by atoms with Crippen LogP contribution in [0.4, 0.5) is 0 Å². The summed E-state index contributed by atoms with van der Waals surface area (Å²) in [5.74, 6) is 0.330. The Kier molecular flexibility index (Phi) is 9.58. The van der Waals surface area contributed by atoms with Crippen LogP contribution in [0.5, 0.6) is 0 Å². The third kappa shape index (κ3) is 9.31. The Balaban J connectivity index is 3.81. The fraction of sp³-hybridized carbons (Fsp3) is 1.00. The minimum Gasteiger partial charge on any atom is -0.295 e. The molecule has 3 nitrogen and oxygen atoms in total. The summed E-state index contributed by atoms with van der Waals surface area (Å²) in [7, 11) is 0. The Labute approximate surface area is 114 Å². The van der Waals surface area contributed by atoms with Crippen LogP contribution in [0.15, 0.2) is 0 Å². The van der Waals surface area contributed by atoms with Crippen molar-refractivity contribution in [2.24, 2.45) is 0 Å². The molecule has 0 fully saturated rings. The van der Waals surface area contributed by atoms with Crippen molar-refractivity contribution in [3.63, 3.8) is 0 Å². The molecule has 0 aromatic carbocycles. The first kappa shape index (κ1) is 16.6. The molecular weight excluding hydrogens is 328 g/mol. The Morgan fingerprint density at radius 1 is 1.00 bits per heavy atom. The fourth-order valence-corrected chi connectivity index (χ4v) is 2.07. The number of hydrogen-bond acceptors (Lipinski definition) is 3. The molecular formula is C6H10Cl5O3P. The van der Waals surface area contributed by atoms with Crippen LogP contribution in [0.3, 0.4) is 0 Å². The van der Waals surface area contributed by atoms with Gasteiger partial charge in [0.05, 0.1) is 24.0 Å². The normalized spacial score (nSPS) is 19.5. The van der Waals surface area contributed by atoms with Crippen LogP contribution in [-0.4, -0.2) is 35.7 Å². The third-order valence-corrected chi connectivity index (χ3v) is 4.28. The summed E-state index contributed by atoms with van der Waals surface area (Å²) < 4.78 is 20.9. The molecule has 2 unspecified atom stereocenters. The maximum Gasteiger partial charge on any atom is 0.424 e. The van der Waals surface area contributed by atoms with E-state index in [1.807, 2.05) is 0 Å². The molecule has 0 saturated carbocycles. The maximum atomic E-state index is 11.4. The van der Waals surface area contributed by atoms with E-state index in [-0.39, 0.29) is 25.0 Å². The predicted octanol–water partition coefficient (Wildman–Crippen LogP) is 4.06. The van der Waals surface area contributed by atoms with Crippen molar-refractivity contribution in [2.75, 3.05) is 25.0 Å². The standard InChI is InChI=1S/C6H10Cl5O3P/c7-1-5(9)3-13-15(11,12)14-4-6(10)2-8/h5-6H,1-4H2. The van der Waals surface area contributed by atoms with Crippen molar-refractivity contribution >= 4 is 64.6 Å². The van der Waals surface area contributed by atoms with Gasteiger partial charge in [-0.2, -0.15) is 0 Å². The lowest BCUT2D eigenvalue weighted by atomic mass is 10.5. The second kappa shape index (κ2) is 8.66. The molecule has 0 heterocycles. The summed E-state index contributed by atoms with van der Waals surface area (Å²) in [6.07, 6.45) is 0. The Hall–Kier alpha value is 1.60. The van der Waals surface area contributed by atoms with Gasteiger partial charge in [-0.15, -0.1) is 46.4 Å². The highest BCUT2D eigenvalue weighted by Gasteiger charge is 2.23. The van der Waals surface area contributed by atoms with Crippen LogP contribution in [0.2, 0.25) is 0 Å². The minimum absolute atomic E-state index is 0.0559. The summed E-state index contributed by atoms with van der Waals surface area (Å²) in [5, 5.41) is -0.940. The van der Waals surface area contributed by atoms with Crippen molar-refractivity contribution < 1.29 is 13.6 Å². The number of rotatable bonds is 8. The van der Waals surface area contributed by atoms with E-state index >= 15 is 0 Å². The van der Waals surface area contributed by atoms with Crippen LogP contribution in [-0.2, 0) is 13.6 Å². The molecule has 0 aliphatic carbocycles. The SMILES string of the molecule is O=P(Cl)(OCC(Cl)CCl)OCC(Cl)CCl. The van der Waals surface area contributed by atoms with Crippen molar-refractivity contribution in [3.8, 4) is 0 Å². The first-order chi connectivity index (χ1) is 6.91. The Bertz CT molecular complexity index is 199. The zero-order chi connectivity index (χ0) is 11.9. The van der Waals surface area contributed by atoms with Gasteiger partial charge in [0.25, 0.3) is 0 Å². The van der Waals surface area contributed by atoms with E-state index < -0.39 is 17.7 Å². The lowest BCUT2D eigenvalue weighted by Crippen LogP contribution is -2.12. The van der Waals surface area contributed by atoms with Gasteiger partial charge in [0, 0.05) is 23.0 Å². The van der Waals surface area contributed by atoms with E-state index in [2.05, 4.69) is 0 Å². The average molecular weight is 338 g/mol. The van der Waals surface area contributed by atoms with Crippen molar-refractivity contribution in [1.29, 1.82) is 0 Å². The van der Waals surface area contributed by atoms with E-state index in [0.29, 0.717) is 0 Å². The molecule has 0 spiro atoms. The molecule has 2 atom stereocenters. The molecule has 0 bridgehead atoms. The number of hydrogen-bond donors (Lipinski definition) is 0. The Morgan fingerprint density at radius 2 is 1.33 bits per heavy atom. The van der Waals surface area contributed by atoms with E-state index in [1.54, 1.807) is 0 Å². The zero-order valence-corrected chi connectivity index (χ0v) is 12.2. The quantitative estimate of drug-likeness (QED) is 0.495. The molecule has 0 aliphatic heterocycles. The molecule has 0 aliphatic rings. The van der Waals surface area contributed by atoms with Crippen molar-refractivity contribution in [2.45, 2.75) is 10.8 Å². The molecule has 92 valence electrons. The summed E-state index contributed by atoms with van der Waals surface area (Å²) in [5.41, 5.74) is 0. The third-order valence-electron chi connectivity index (χ3n) is 1.15. The fourth-order valence-electron chi connectivity index (χ4n) is 0.466. The average Bonchev–Trinajstić information content (AvgIpc) is 2.22. The molecule has 0 amide bonds. The molecule has 0 saturated heterocycles. The first-order valence-corrected chi connectivity index (χ1v) is 8.29. The molecule has 0 rings (SSSR count). The van der Waals surface area contributed by atoms with E-state index in [1.165, 1.54) is 0 Å². The maximum absolute atomic E-state index is 11.4. The second-order valence-electron chi connectivity index (χ2n) is 2.53. The van der Waals surface area contributed by atoms with E-state index in [4.69, 9.17) is 66.7 Å². The van der Waals surface area contributed by atoms with Crippen LogP contribution in [0, 0.1) is 0 Å². The van der Waals surface area contributed by atoms with Crippen molar-refractivity contribution in [1.82, 2.24) is 0 Å². The lowest BCUT2D eigenvalue weighted by Gasteiger charge is -2.14. The van der Waals surface area contributed by atoms with E-state index in [9.17, 15) is 4.57 Å². The van der Waals surface area contributed by atoms with Gasteiger partial charge in [0.1, 0.15) is 0 Å². The van der Waals surface area contributed by atoms with Crippen molar-refractivity contribution in [3.05, 3.63) is 0 Å². The molecule has 15 heavy (non-hydrogen) atoms. The topological polar surface area (TPSA) is 35.5 Å². The van der Waals surface area contributed by atoms with Gasteiger partial charge in [-0.05, 0) is 0 Å².